The molecule has 0 amide bonds. The molecule has 3 aromatic heterocycles. The first-order valence-electron chi connectivity index (χ1n) is 18.0. The van der Waals surface area contributed by atoms with Crippen LogP contribution in [0.5, 0.6) is 0 Å². The van der Waals surface area contributed by atoms with Gasteiger partial charge in [0.15, 0.2) is 5.78 Å². The van der Waals surface area contributed by atoms with Gasteiger partial charge in [0.1, 0.15) is 5.76 Å². The third kappa shape index (κ3) is 7.51. The number of carbonyl (C=O) groups is 1. The fourth-order valence-electron chi connectivity index (χ4n) is 6.72. The smallest absolute Gasteiger partial charge is 0.164 e. The molecule has 0 saturated carbocycles. The Bertz CT molecular complexity index is 2180. The number of rotatable bonds is 9. The average molecular weight is 872 g/mol. The topological polar surface area (TPSA) is 63.1 Å². The number of allylic oxidation sites excluding steroid dienone is 2. The Hall–Kier alpha value is -3.96. The number of nitrogens with zero attached hydrogens (tertiary/aromatic N) is 2. The summed E-state index contributed by atoms with van der Waals surface area (Å²) in [7, 11) is 0. The van der Waals surface area contributed by atoms with Crippen molar-refractivity contribution in [2.45, 2.75) is 80.1 Å². The van der Waals surface area contributed by atoms with E-state index >= 15 is 0 Å². The van der Waals surface area contributed by atoms with Crippen LogP contribution in [0.1, 0.15) is 78.5 Å². The Morgan fingerprint density at radius 3 is 2.20 bits per heavy atom. The van der Waals surface area contributed by atoms with Crippen molar-refractivity contribution < 1.29 is 30.0 Å². The number of aryl methyl sites for hydroxylation is 2. The molecule has 0 atom stereocenters. The first-order chi connectivity index (χ1) is 24.2. The first-order valence-corrected chi connectivity index (χ1v) is 18.8. The molecule has 1 aliphatic carbocycles. The van der Waals surface area contributed by atoms with E-state index in [1.807, 2.05) is 71.3 Å². The van der Waals surface area contributed by atoms with Crippen LogP contribution < -0.4 is 0 Å². The summed E-state index contributed by atoms with van der Waals surface area (Å²) in [6, 6.07) is 31.5. The van der Waals surface area contributed by atoms with Gasteiger partial charge < -0.3 is 5.11 Å². The zero-order chi connectivity index (χ0) is 35.5. The quantitative estimate of drug-likeness (QED) is 0.0893. The van der Waals surface area contributed by atoms with Crippen molar-refractivity contribution in [1.82, 2.24) is 9.97 Å². The molecule has 1 radical (unpaired) electrons. The van der Waals surface area contributed by atoms with Gasteiger partial charge in [-0.25, -0.2) is 0 Å². The van der Waals surface area contributed by atoms with Crippen LogP contribution >= 0.6 is 11.3 Å². The molecule has 0 aliphatic heterocycles. The van der Waals surface area contributed by atoms with Crippen LogP contribution in [0, 0.1) is 16.9 Å². The van der Waals surface area contributed by atoms with E-state index < -0.39 is 0 Å². The zero-order valence-corrected chi connectivity index (χ0v) is 33.7. The molecule has 0 saturated heterocycles. The molecule has 0 bridgehead atoms. The van der Waals surface area contributed by atoms with E-state index in [9.17, 15) is 9.90 Å². The number of thiophene rings is 1. The van der Waals surface area contributed by atoms with Crippen LogP contribution in [-0.2, 0) is 37.7 Å². The number of ketones is 1. The maximum absolute atomic E-state index is 12.2. The summed E-state index contributed by atoms with van der Waals surface area (Å²) in [6.45, 7) is 12.1. The minimum atomic E-state index is -0.337. The molecule has 4 nitrogen and oxygen atoms in total. The van der Waals surface area contributed by atoms with Gasteiger partial charge in [-0.1, -0.05) is 113 Å². The van der Waals surface area contributed by atoms with Crippen molar-refractivity contribution in [2.75, 3.05) is 0 Å². The van der Waals surface area contributed by atoms with E-state index in [-0.39, 0.29) is 42.5 Å². The predicted octanol–water partition coefficient (Wildman–Crippen LogP) is 12.4. The van der Waals surface area contributed by atoms with Gasteiger partial charge in [-0.2, -0.15) is 0 Å². The number of hydrogen-bond donors (Lipinski definition) is 1. The number of fused-ring (bicyclic) bond motifs is 6. The molecule has 1 N–H and O–H groups in total. The Morgan fingerprint density at radius 2 is 1.49 bits per heavy atom. The van der Waals surface area contributed by atoms with Crippen LogP contribution in [0.25, 0.3) is 53.7 Å². The molecule has 0 spiro atoms. The number of aliphatic hydroxyl groups excluding tert-OH is 1. The molecule has 6 aromatic rings. The van der Waals surface area contributed by atoms with Crippen LogP contribution in [0.2, 0.25) is 0 Å². The molecule has 265 valence electrons. The second kappa shape index (κ2) is 16.2. The summed E-state index contributed by atoms with van der Waals surface area (Å²) in [4.78, 5) is 23.0. The Labute approximate surface area is 320 Å². The summed E-state index contributed by atoms with van der Waals surface area (Å²) >= 11 is 1.85. The molecular formula is C45H47IrN2O2S-. The van der Waals surface area contributed by atoms with E-state index in [0.717, 1.165) is 55.2 Å². The second-order valence-corrected chi connectivity index (χ2v) is 14.9. The molecule has 0 unspecified atom stereocenters. The standard InChI is InChI=1S/C30H19N2S.C15H28O2.Ir/c1-2-7-19(8-3-1)26-18-21(17-20-9-4-5-10-22(20)26)28-30-24(14-16-32-28)23-12-13-27-25(29(23)33-30)11-6-15-31-27;1-7-14(5,8-2)12(16)11-13(17)15(6,9-3)10-4;/h1-11,14-16,18H,12-13H2;11,16H,7-10H2,1-6H3;/q-1;;/b;12-11-;. The molecular weight excluding hydrogens is 825 g/mol. The molecule has 7 rings (SSSR count). The van der Waals surface area contributed by atoms with Gasteiger partial charge >= 0.3 is 0 Å². The number of aromatic nitrogens is 2. The number of benzene rings is 3. The van der Waals surface area contributed by atoms with Crippen LogP contribution in [0.4, 0.5) is 0 Å². The maximum atomic E-state index is 12.2. The van der Waals surface area contributed by atoms with Gasteiger partial charge in [0.2, 0.25) is 0 Å². The SMILES string of the molecule is CCC(C)(CC)C(=O)/C=C(\O)C(C)(CC)CC.[Ir].[c-]1c(-c2nccc3c4c(sc23)-c2cccnc2CC4)cc(-c2ccccc2)c2ccccc12. The van der Waals surface area contributed by atoms with Crippen LogP contribution in [0.15, 0.2) is 103 Å². The van der Waals surface area contributed by atoms with Gasteiger partial charge in [-0.15, -0.1) is 34.9 Å². The number of aliphatic hydroxyl groups is 1. The Kier molecular flexibility index (Phi) is 12.1. The van der Waals surface area contributed by atoms with Gasteiger partial charge in [0.05, 0.1) is 0 Å². The normalized spacial score (nSPS) is 12.8. The fraction of sp³-hybridized carbons (Fsp3) is 0.311. The molecule has 3 heterocycles. The van der Waals surface area contributed by atoms with Crippen LogP contribution in [0.3, 0.4) is 0 Å². The number of hydrogen-bond acceptors (Lipinski definition) is 5. The average Bonchev–Trinajstić information content (AvgIpc) is 3.57. The van der Waals surface area contributed by atoms with E-state index in [0.29, 0.717) is 0 Å². The first kappa shape index (κ1) is 38.3. The second-order valence-electron chi connectivity index (χ2n) is 13.9. The Balaban J connectivity index is 0.000000242. The molecule has 51 heavy (non-hydrogen) atoms. The number of pyridine rings is 2. The Morgan fingerprint density at radius 1 is 0.804 bits per heavy atom. The molecule has 6 heteroatoms. The fourth-order valence-corrected chi connectivity index (χ4v) is 8.11. The van der Waals surface area contributed by atoms with Gasteiger partial charge in [-0.05, 0) is 67.2 Å². The van der Waals surface area contributed by atoms with E-state index in [4.69, 9.17) is 4.98 Å². The maximum Gasteiger partial charge on any atom is 0.164 e. The predicted molar refractivity (Wildman–Crippen MR) is 211 cm³/mol. The van der Waals surface area contributed by atoms with Crippen molar-refractivity contribution in [3.8, 4) is 32.8 Å². The van der Waals surface area contributed by atoms with Crippen LogP contribution in [-0.4, -0.2) is 20.9 Å². The van der Waals surface area contributed by atoms with Crippen molar-refractivity contribution in [3.63, 3.8) is 0 Å². The van der Waals surface area contributed by atoms with Crippen molar-refractivity contribution in [1.29, 1.82) is 0 Å². The van der Waals surface area contributed by atoms with Gasteiger partial charge in [0.25, 0.3) is 0 Å². The summed E-state index contributed by atoms with van der Waals surface area (Å²) in [5.41, 5.74) is 7.80. The van der Waals surface area contributed by atoms with E-state index in [2.05, 4.69) is 83.8 Å². The van der Waals surface area contributed by atoms with E-state index in [1.54, 1.807) is 0 Å². The zero-order valence-electron chi connectivity index (χ0n) is 30.5. The molecule has 1 aliphatic rings. The minimum absolute atomic E-state index is 0. The largest absolute Gasteiger partial charge is 0.512 e. The summed E-state index contributed by atoms with van der Waals surface area (Å²) in [5, 5.41) is 13.8. The van der Waals surface area contributed by atoms with Crippen molar-refractivity contribution in [2.24, 2.45) is 10.8 Å². The summed E-state index contributed by atoms with van der Waals surface area (Å²) in [6.07, 6.45) is 10.6. The molecule has 0 fully saturated rings. The third-order valence-corrected chi connectivity index (χ3v) is 12.5. The minimum Gasteiger partial charge on any atom is -0.512 e. The van der Waals surface area contributed by atoms with Crippen molar-refractivity contribution in [3.05, 3.63) is 120 Å². The monoisotopic (exact) mass is 872 g/mol. The van der Waals surface area contributed by atoms with Crippen molar-refractivity contribution >= 4 is 38.0 Å². The summed E-state index contributed by atoms with van der Waals surface area (Å²) < 4.78 is 1.24. The van der Waals surface area contributed by atoms with Gasteiger partial charge in [-0.3, -0.25) is 14.8 Å². The summed E-state index contributed by atoms with van der Waals surface area (Å²) in [5.74, 6) is 0.286. The van der Waals surface area contributed by atoms with E-state index in [1.165, 1.54) is 54.4 Å². The number of carbonyl (C=O) groups excluding carboxylic acids is 1. The molecule has 3 aromatic carbocycles. The third-order valence-electron chi connectivity index (χ3n) is 11.2. The van der Waals surface area contributed by atoms with Gasteiger partial charge in [0, 0.05) is 75.9 Å².